The highest BCUT2D eigenvalue weighted by atomic mass is 16.4. The van der Waals surface area contributed by atoms with Gasteiger partial charge in [0.1, 0.15) is 0 Å². The molecule has 4 rings (SSSR count). The lowest BCUT2D eigenvalue weighted by Gasteiger charge is -2.63. The number of hydrogen-bond donors (Lipinski definition) is 4. The summed E-state index contributed by atoms with van der Waals surface area (Å²) >= 11 is 0. The van der Waals surface area contributed by atoms with Gasteiger partial charge in [0.05, 0.1) is 12.2 Å². The van der Waals surface area contributed by atoms with E-state index in [-0.39, 0.29) is 41.3 Å². The van der Waals surface area contributed by atoms with Gasteiger partial charge in [-0.05, 0) is 111 Å². The molecule has 0 radical (unpaired) electrons. The van der Waals surface area contributed by atoms with E-state index in [2.05, 4.69) is 33.0 Å². The molecule has 0 spiro atoms. The number of hydrogen-bond acceptors (Lipinski definition) is 4. The van der Waals surface area contributed by atoms with Crippen molar-refractivity contribution in [3.8, 4) is 0 Å². The quantitative estimate of drug-likeness (QED) is 0.0758. The van der Waals surface area contributed by atoms with E-state index in [1.807, 2.05) is 0 Å². The smallest absolute Gasteiger partial charge is 0.303 e. The molecule has 0 aromatic carbocycles. The summed E-state index contributed by atoms with van der Waals surface area (Å²) < 4.78 is 0. The molecule has 0 amide bonds. The second kappa shape index (κ2) is 20.6. The van der Waals surface area contributed by atoms with E-state index in [0.717, 1.165) is 32.2 Å². The molecule has 0 saturated heterocycles. The van der Waals surface area contributed by atoms with Crippen LogP contribution in [0.25, 0.3) is 0 Å². The first-order chi connectivity index (χ1) is 23.6. The van der Waals surface area contributed by atoms with Gasteiger partial charge >= 0.3 is 5.97 Å². The second-order valence-electron chi connectivity index (χ2n) is 18.4. The molecule has 49 heavy (non-hydrogen) atoms. The third-order valence-corrected chi connectivity index (χ3v) is 15.3. The topological polar surface area (TPSA) is 89.8 Å². The van der Waals surface area contributed by atoms with Gasteiger partial charge in [-0.15, -0.1) is 0 Å². The van der Waals surface area contributed by atoms with Gasteiger partial charge in [0.15, 0.2) is 0 Å². The number of aliphatic hydroxyl groups excluding tert-OH is 2. The predicted molar refractivity (Wildman–Crippen MR) is 205 cm³/mol. The van der Waals surface area contributed by atoms with E-state index in [1.165, 1.54) is 135 Å². The minimum Gasteiger partial charge on any atom is -0.481 e. The Kier molecular flexibility index (Phi) is 17.2. The summed E-state index contributed by atoms with van der Waals surface area (Å²) in [5.74, 6) is 1.42. The van der Waals surface area contributed by atoms with Gasteiger partial charge in [-0.25, -0.2) is 0 Å². The fraction of sp³-hybridized carbons (Fsp3) is 0.977. The van der Waals surface area contributed by atoms with Crippen molar-refractivity contribution in [1.82, 2.24) is 5.32 Å². The Morgan fingerprint density at radius 3 is 1.84 bits per heavy atom. The zero-order chi connectivity index (χ0) is 35.3. The maximum Gasteiger partial charge on any atom is 0.303 e. The Morgan fingerprint density at radius 1 is 0.735 bits per heavy atom. The number of aliphatic carboxylic acids is 1. The summed E-state index contributed by atoms with van der Waals surface area (Å²) in [6.45, 7) is 10.4. The third kappa shape index (κ3) is 10.9. The lowest BCUT2D eigenvalue weighted by atomic mass is 9.43. The van der Waals surface area contributed by atoms with Crippen molar-refractivity contribution in [3.63, 3.8) is 0 Å². The fourth-order valence-corrected chi connectivity index (χ4v) is 12.2. The van der Waals surface area contributed by atoms with Crippen molar-refractivity contribution in [3.05, 3.63) is 0 Å². The highest BCUT2D eigenvalue weighted by Crippen LogP contribution is 2.68. The normalized spacial score (nSPS) is 36.2. The van der Waals surface area contributed by atoms with Crippen LogP contribution in [-0.4, -0.2) is 46.1 Å². The van der Waals surface area contributed by atoms with Gasteiger partial charge in [-0.2, -0.15) is 0 Å². The number of rotatable bonds is 24. The largest absolute Gasteiger partial charge is 0.481 e. The molecule has 5 heteroatoms. The SMILES string of the molecule is CCCCCCCCCCCCCCCCCCCCN[C@H]1CC[C@@]2(C)[C@@H](C1)C[C@@H](O)[C@@H]1[C@@H]2C[C@H](O)[C@]2(C)[C@@H]([C@H](C)CCC(=O)O)CC[C@@H]12. The molecule has 4 aliphatic rings. The van der Waals surface area contributed by atoms with Crippen molar-refractivity contribution in [2.45, 2.75) is 219 Å². The predicted octanol–water partition coefficient (Wildman–Crippen LogP) is 11.1. The molecule has 4 N–H and O–H groups in total. The molecule has 5 nitrogen and oxygen atoms in total. The lowest BCUT2D eigenvalue weighted by Crippen LogP contribution is -2.62. The second-order valence-corrected chi connectivity index (χ2v) is 18.4. The molecule has 0 aromatic rings. The zero-order valence-corrected chi connectivity index (χ0v) is 32.7. The van der Waals surface area contributed by atoms with Gasteiger partial charge in [0.2, 0.25) is 0 Å². The molecule has 4 fully saturated rings. The van der Waals surface area contributed by atoms with Crippen LogP contribution in [0.1, 0.15) is 201 Å². The van der Waals surface area contributed by atoms with Crippen LogP contribution in [0.2, 0.25) is 0 Å². The molecule has 0 aromatic heterocycles. The molecule has 0 bridgehead atoms. The van der Waals surface area contributed by atoms with Crippen molar-refractivity contribution < 1.29 is 20.1 Å². The monoisotopic (exact) mass is 688 g/mol. The Bertz CT molecular complexity index is 942. The number of carbonyl (C=O) groups is 1. The summed E-state index contributed by atoms with van der Waals surface area (Å²) in [4.78, 5) is 11.3. The molecule has 0 unspecified atom stereocenters. The van der Waals surface area contributed by atoms with Crippen LogP contribution in [0.15, 0.2) is 0 Å². The Hall–Kier alpha value is -0.650. The van der Waals surface area contributed by atoms with Gasteiger partial charge in [-0.1, -0.05) is 137 Å². The van der Waals surface area contributed by atoms with Crippen molar-refractivity contribution in [1.29, 1.82) is 0 Å². The number of carboxylic acid groups (broad SMARTS) is 1. The van der Waals surface area contributed by atoms with E-state index in [1.54, 1.807) is 0 Å². The van der Waals surface area contributed by atoms with Gasteiger partial charge in [-0.3, -0.25) is 4.79 Å². The summed E-state index contributed by atoms with van der Waals surface area (Å²) in [7, 11) is 0. The highest BCUT2D eigenvalue weighted by Gasteiger charge is 2.65. The third-order valence-electron chi connectivity index (χ3n) is 15.3. The molecule has 11 atom stereocenters. The molecule has 4 aliphatic carbocycles. The van der Waals surface area contributed by atoms with Crippen LogP contribution in [0, 0.1) is 46.3 Å². The van der Waals surface area contributed by atoms with Crippen LogP contribution < -0.4 is 5.32 Å². The summed E-state index contributed by atoms with van der Waals surface area (Å²) in [6.07, 6.45) is 33.2. The molecule has 0 aliphatic heterocycles. The van der Waals surface area contributed by atoms with Crippen LogP contribution in [0.3, 0.4) is 0 Å². The minimum atomic E-state index is -0.724. The van der Waals surface area contributed by atoms with Crippen LogP contribution in [0.5, 0.6) is 0 Å². The molecule has 4 saturated carbocycles. The minimum absolute atomic E-state index is 0.199. The van der Waals surface area contributed by atoms with Crippen LogP contribution in [0.4, 0.5) is 0 Å². The van der Waals surface area contributed by atoms with Gasteiger partial charge < -0.3 is 20.6 Å². The average molecular weight is 688 g/mol. The lowest BCUT2D eigenvalue weighted by molar-refractivity contribution is -0.202. The molecular weight excluding hydrogens is 606 g/mol. The van der Waals surface area contributed by atoms with Crippen molar-refractivity contribution in [2.75, 3.05) is 6.54 Å². The number of nitrogens with one attached hydrogen (secondary N) is 1. The van der Waals surface area contributed by atoms with Gasteiger partial charge in [0.25, 0.3) is 0 Å². The fourth-order valence-electron chi connectivity index (χ4n) is 12.2. The first kappa shape index (κ1) is 41.1. The summed E-state index contributed by atoms with van der Waals surface area (Å²) in [6, 6.07) is 0.567. The van der Waals surface area contributed by atoms with E-state index < -0.39 is 5.97 Å². The Balaban J connectivity index is 1.07. The van der Waals surface area contributed by atoms with Crippen molar-refractivity contribution >= 4 is 5.97 Å². The average Bonchev–Trinajstić information content (AvgIpc) is 3.44. The summed E-state index contributed by atoms with van der Waals surface area (Å²) in [5, 5.41) is 36.8. The first-order valence-electron chi connectivity index (χ1n) is 21.9. The molecular formula is C44H81NO4. The highest BCUT2D eigenvalue weighted by molar-refractivity contribution is 5.66. The number of unbranched alkanes of at least 4 members (excludes halogenated alkanes) is 17. The van der Waals surface area contributed by atoms with Gasteiger partial charge in [0, 0.05) is 12.5 Å². The molecule has 286 valence electrons. The number of carboxylic acids is 1. The van der Waals surface area contributed by atoms with Crippen molar-refractivity contribution in [2.24, 2.45) is 46.3 Å². The maximum absolute atomic E-state index is 11.8. The molecule has 0 heterocycles. The number of fused-ring (bicyclic) bond motifs is 5. The standard InChI is InChI=1S/C44H81NO4/c1-5-6-7-8-9-10-11-12-13-14-15-16-17-18-19-20-21-22-29-45-35-27-28-43(3)34(30-35)31-39(46)42-37-25-24-36(33(2)23-26-41(48)49)44(37,4)40(47)32-38(42)43/h33-40,42,45-47H,5-32H2,1-4H3,(H,48,49)/t33-,34+,35+,36-,37+,38+,39-,40+,42+,43+,44-/m1/s1. The number of aliphatic hydroxyl groups is 2. The first-order valence-corrected chi connectivity index (χ1v) is 21.9. The van der Waals surface area contributed by atoms with E-state index in [9.17, 15) is 20.1 Å². The van der Waals surface area contributed by atoms with E-state index in [0.29, 0.717) is 36.1 Å². The zero-order valence-electron chi connectivity index (χ0n) is 32.7. The Labute approximate surface area is 303 Å². The maximum atomic E-state index is 11.8. The van der Waals surface area contributed by atoms with Crippen LogP contribution in [-0.2, 0) is 4.79 Å². The van der Waals surface area contributed by atoms with E-state index in [4.69, 9.17) is 0 Å². The summed E-state index contributed by atoms with van der Waals surface area (Å²) in [5.41, 5.74) is -0.0145. The van der Waals surface area contributed by atoms with Crippen LogP contribution >= 0.6 is 0 Å². The van der Waals surface area contributed by atoms with E-state index >= 15 is 0 Å². The Morgan fingerprint density at radius 2 is 1.29 bits per heavy atom.